The molecule has 4 nitrogen and oxygen atoms in total. The lowest BCUT2D eigenvalue weighted by molar-refractivity contribution is 0.167. The first-order valence-corrected chi connectivity index (χ1v) is 7.74. The summed E-state index contributed by atoms with van der Waals surface area (Å²) < 4.78 is 18.6. The smallest absolute Gasteiger partial charge is 0.165 e. The standard InChI is InChI=1S/C16H24FN3O/c1-21-14-10-12(5-6-13(14)17)19-16(11-18)7-9-20-8-3-2-4-15(16)20/h5-6,10,15,19H,2-4,7-9,11,18H2,1H3. The van der Waals surface area contributed by atoms with Crippen molar-refractivity contribution in [2.45, 2.75) is 37.3 Å². The fourth-order valence-electron chi connectivity index (χ4n) is 3.85. The fraction of sp³-hybridized carbons (Fsp3) is 0.625. The maximum absolute atomic E-state index is 13.5. The van der Waals surface area contributed by atoms with Gasteiger partial charge < -0.3 is 15.8 Å². The van der Waals surface area contributed by atoms with Crippen LogP contribution in [0.15, 0.2) is 18.2 Å². The number of fused-ring (bicyclic) bond motifs is 1. The molecule has 2 saturated heterocycles. The molecule has 3 N–H and O–H groups in total. The maximum atomic E-state index is 13.5. The lowest BCUT2D eigenvalue weighted by Gasteiger charge is -2.41. The first-order chi connectivity index (χ1) is 10.2. The first kappa shape index (κ1) is 14.6. The molecule has 2 aliphatic heterocycles. The molecule has 0 saturated carbocycles. The van der Waals surface area contributed by atoms with E-state index in [0.717, 1.165) is 18.7 Å². The molecule has 2 unspecified atom stereocenters. The summed E-state index contributed by atoms with van der Waals surface area (Å²) in [7, 11) is 1.49. The number of hydrogen-bond donors (Lipinski definition) is 2. The molecule has 0 radical (unpaired) electrons. The van der Waals surface area contributed by atoms with Gasteiger partial charge in [-0.3, -0.25) is 4.90 Å². The van der Waals surface area contributed by atoms with Crippen LogP contribution in [-0.4, -0.2) is 43.2 Å². The van der Waals surface area contributed by atoms with Crippen LogP contribution in [-0.2, 0) is 0 Å². The molecular formula is C16H24FN3O. The van der Waals surface area contributed by atoms with Crippen LogP contribution in [0.2, 0.25) is 0 Å². The fourth-order valence-corrected chi connectivity index (χ4v) is 3.85. The van der Waals surface area contributed by atoms with Crippen LogP contribution < -0.4 is 15.8 Å². The van der Waals surface area contributed by atoms with E-state index in [4.69, 9.17) is 10.5 Å². The zero-order valence-corrected chi connectivity index (χ0v) is 12.6. The number of rotatable bonds is 4. The number of nitrogens with two attached hydrogens (primary N) is 1. The number of hydrogen-bond acceptors (Lipinski definition) is 4. The molecule has 5 heteroatoms. The van der Waals surface area contributed by atoms with Crippen molar-refractivity contribution in [3.8, 4) is 5.75 Å². The first-order valence-electron chi connectivity index (χ1n) is 7.74. The van der Waals surface area contributed by atoms with Crippen molar-refractivity contribution in [3.63, 3.8) is 0 Å². The van der Waals surface area contributed by atoms with Crippen LogP contribution in [0.1, 0.15) is 25.7 Å². The summed E-state index contributed by atoms with van der Waals surface area (Å²) in [5, 5.41) is 3.59. The predicted octanol–water partition coefficient (Wildman–Crippen LogP) is 2.20. The summed E-state index contributed by atoms with van der Waals surface area (Å²) in [6, 6.07) is 5.41. The zero-order valence-electron chi connectivity index (χ0n) is 12.6. The highest BCUT2D eigenvalue weighted by Crippen LogP contribution is 2.37. The van der Waals surface area contributed by atoms with Gasteiger partial charge in [0, 0.05) is 30.9 Å². The summed E-state index contributed by atoms with van der Waals surface area (Å²) >= 11 is 0. The number of anilines is 1. The number of ether oxygens (including phenoxy) is 1. The van der Waals surface area contributed by atoms with E-state index in [2.05, 4.69) is 10.2 Å². The molecule has 1 aromatic rings. The topological polar surface area (TPSA) is 50.5 Å². The van der Waals surface area contributed by atoms with Crippen molar-refractivity contribution in [3.05, 3.63) is 24.0 Å². The maximum Gasteiger partial charge on any atom is 0.165 e. The number of piperidine rings is 1. The lowest BCUT2D eigenvalue weighted by Crippen LogP contribution is -2.56. The average Bonchev–Trinajstić information content (AvgIpc) is 2.89. The van der Waals surface area contributed by atoms with Gasteiger partial charge in [0.05, 0.1) is 12.6 Å². The van der Waals surface area contributed by atoms with Crippen molar-refractivity contribution in [2.24, 2.45) is 5.73 Å². The molecule has 1 aromatic carbocycles. The minimum absolute atomic E-state index is 0.108. The highest BCUT2D eigenvalue weighted by atomic mass is 19.1. The van der Waals surface area contributed by atoms with Gasteiger partial charge in [-0.2, -0.15) is 0 Å². The number of methoxy groups -OCH3 is 1. The number of benzene rings is 1. The Balaban J connectivity index is 1.84. The van der Waals surface area contributed by atoms with E-state index in [1.807, 2.05) is 0 Å². The highest BCUT2D eigenvalue weighted by molar-refractivity contribution is 5.51. The second-order valence-electron chi connectivity index (χ2n) is 6.13. The summed E-state index contributed by atoms with van der Waals surface area (Å²) in [6.45, 7) is 2.85. The van der Waals surface area contributed by atoms with Crippen LogP contribution >= 0.6 is 0 Å². The minimum Gasteiger partial charge on any atom is -0.494 e. The Labute approximate surface area is 125 Å². The Bertz CT molecular complexity index is 510. The molecule has 2 aliphatic rings. The van der Waals surface area contributed by atoms with Crippen molar-refractivity contribution in [1.82, 2.24) is 4.90 Å². The van der Waals surface area contributed by atoms with Gasteiger partial charge in [0.1, 0.15) is 0 Å². The largest absolute Gasteiger partial charge is 0.494 e. The third-order valence-corrected chi connectivity index (χ3v) is 5.01. The SMILES string of the molecule is COc1cc(NC2(CN)CCN3CCCCC32)ccc1F. The Morgan fingerprint density at radius 2 is 2.29 bits per heavy atom. The Kier molecular flexibility index (Phi) is 4.04. The molecule has 0 bridgehead atoms. The quantitative estimate of drug-likeness (QED) is 0.893. The van der Waals surface area contributed by atoms with Gasteiger partial charge in [-0.15, -0.1) is 0 Å². The second-order valence-corrected chi connectivity index (χ2v) is 6.13. The van der Waals surface area contributed by atoms with E-state index in [9.17, 15) is 4.39 Å². The van der Waals surface area contributed by atoms with Gasteiger partial charge in [0.15, 0.2) is 11.6 Å². The monoisotopic (exact) mass is 293 g/mol. The van der Waals surface area contributed by atoms with Crippen molar-refractivity contribution in [2.75, 3.05) is 32.1 Å². The van der Waals surface area contributed by atoms with E-state index in [0.29, 0.717) is 12.6 Å². The van der Waals surface area contributed by atoms with Crippen LogP contribution in [0.3, 0.4) is 0 Å². The molecule has 0 spiro atoms. The molecule has 2 fully saturated rings. The summed E-state index contributed by atoms with van der Waals surface area (Å²) in [5.41, 5.74) is 6.90. The Hall–Kier alpha value is -1.33. The molecule has 3 rings (SSSR count). The third kappa shape index (κ3) is 2.60. The van der Waals surface area contributed by atoms with Gasteiger partial charge in [-0.05, 0) is 37.9 Å². The summed E-state index contributed by atoms with van der Waals surface area (Å²) in [4.78, 5) is 2.55. The molecule has 0 aliphatic carbocycles. The highest BCUT2D eigenvalue weighted by Gasteiger charge is 2.47. The number of nitrogens with zero attached hydrogens (tertiary/aromatic N) is 1. The van der Waals surface area contributed by atoms with Crippen LogP contribution in [0.4, 0.5) is 10.1 Å². The van der Waals surface area contributed by atoms with Gasteiger partial charge in [0.25, 0.3) is 0 Å². The van der Waals surface area contributed by atoms with Crippen LogP contribution in [0.25, 0.3) is 0 Å². The summed E-state index contributed by atoms with van der Waals surface area (Å²) in [6.07, 6.45) is 4.76. The lowest BCUT2D eigenvalue weighted by atomic mass is 9.85. The predicted molar refractivity (Wildman–Crippen MR) is 82.2 cm³/mol. The minimum atomic E-state index is -0.337. The molecule has 2 heterocycles. The van der Waals surface area contributed by atoms with E-state index in [-0.39, 0.29) is 17.1 Å². The van der Waals surface area contributed by atoms with Crippen molar-refractivity contribution in [1.29, 1.82) is 0 Å². The Morgan fingerprint density at radius 1 is 1.43 bits per heavy atom. The molecule has 0 amide bonds. The number of halogens is 1. The van der Waals surface area contributed by atoms with E-state index in [1.165, 1.54) is 39.0 Å². The zero-order chi connectivity index (χ0) is 14.9. The molecule has 0 aromatic heterocycles. The molecule has 116 valence electrons. The van der Waals surface area contributed by atoms with Crippen LogP contribution in [0, 0.1) is 5.82 Å². The summed E-state index contributed by atoms with van der Waals surface area (Å²) in [5.74, 6) is -0.0683. The molecule has 21 heavy (non-hydrogen) atoms. The normalized spacial score (nSPS) is 29.2. The van der Waals surface area contributed by atoms with Gasteiger partial charge >= 0.3 is 0 Å². The van der Waals surface area contributed by atoms with E-state index in [1.54, 1.807) is 12.1 Å². The Morgan fingerprint density at radius 3 is 3.05 bits per heavy atom. The van der Waals surface area contributed by atoms with Crippen LogP contribution in [0.5, 0.6) is 5.75 Å². The van der Waals surface area contributed by atoms with E-state index >= 15 is 0 Å². The molecular weight excluding hydrogens is 269 g/mol. The molecule has 2 atom stereocenters. The van der Waals surface area contributed by atoms with Crippen molar-refractivity contribution >= 4 is 5.69 Å². The van der Waals surface area contributed by atoms with Gasteiger partial charge in [0.2, 0.25) is 0 Å². The average molecular weight is 293 g/mol. The second kappa shape index (κ2) is 5.81. The van der Waals surface area contributed by atoms with Crippen molar-refractivity contribution < 1.29 is 9.13 Å². The third-order valence-electron chi connectivity index (χ3n) is 5.01. The van der Waals surface area contributed by atoms with Gasteiger partial charge in [-0.1, -0.05) is 6.42 Å². The number of nitrogens with one attached hydrogen (secondary N) is 1. The van der Waals surface area contributed by atoms with Gasteiger partial charge in [-0.25, -0.2) is 4.39 Å². The van der Waals surface area contributed by atoms with E-state index < -0.39 is 0 Å².